The van der Waals surface area contributed by atoms with Gasteiger partial charge in [0.15, 0.2) is 0 Å². The Morgan fingerprint density at radius 2 is 1.76 bits per heavy atom. The van der Waals surface area contributed by atoms with Gasteiger partial charge in [-0.2, -0.15) is 5.10 Å². The zero-order valence-corrected chi connectivity index (χ0v) is 16.7. The lowest BCUT2D eigenvalue weighted by molar-refractivity contribution is 0.0926. The number of sulfonamides is 1. The standard InChI is InChI=1S/C19H15ClN4O4S/c1-2-11-3-5-13(6-4-11)29(27,28)23-15-8-7-14(20)16-17(15)19(26)24(18(16)25)12-9-21-22-10-12/h3-10,23H,2H2,1H3,(H,21,22). The summed E-state index contributed by atoms with van der Waals surface area (Å²) < 4.78 is 28.0. The number of halogens is 1. The van der Waals surface area contributed by atoms with Crippen LogP contribution in [-0.2, 0) is 16.4 Å². The third kappa shape index (κ3) is 3.18. The summed E-state index contributed by atoms with van der Waals surface area (Å²) in [4.78, 5) is 26.7. The Morgan fingerprint density at radius 1 is 1.07 bits per heavy atom. The van der Waals surface area contributed by atoms with Crippen LogP contribution in [0.4, 0.5) is 11.4 Å². The van der Waals surface area contributed by atoms with Crippen molar-refractivity contribution >= 4 is 44.8 Å². The Kier molecular flexibility index (Phi) is 4.64. The van der Waals surface area contributed by atoms with Crippen molar-refractivity contribution in [2.75, 3.05) is 9.62 Å². The zero-order valence-electron chi connectivity index (χ0n) is 15.1. The Labute approximate surface area is 171 Å². The normalized spacial score (nSPS) is 13.7. The first-order valence-electron chi connectivity index (χ1n) is 8.65. The van der Waals surface area contributed by atoms with Crippen molar-refractivity contribution in [1.29, 1.82) is 0 Å². The molecule has 0 unspecified atom stereocenters. The van der Waals surface area contributed by atoms with E-state index in [0.29, 0.717) is 0 Å². The highest BCUT2D eigenvalue weighted by molar-refractivity contribution is 7.92. The van der Waals surface area contributed by atoms with Gasteiger partial charge in [-0.25, -0.2) is 13.3 Å². The average molecular weight is 431 g/mol. The number of H-pyrrole nitrogens is 1. The second kappa shape index (κ2) is 7.02. The molecule has 0 bridgehead atoms. The van der Waals surface area contributed by atoms with E-state index in [1.54, 1.807) is 12.1 Å². The van der Waals surface area contributed by atoms with Crippen molar-refractivity contribution in [3.8, 4) is 0 Å². The quantitative estimate of drug-likeness (QED) is 0.603. The van der Waals surface area contributed by atoms with Crippen molar-refractivity contribution in [1.82, 2.24) is 10.2 Å². The van der Waals surface area contributed by atoms with Gasteiger partial charge >= 0.3 is 0 Å². The summed E-state index contributed by atoms with van der Waals surface area (Å²) in [5.41, 5.74) is 1.05. The number of fused-ring (bicyclic) bond motifs is 1. The largest absolute Gasteiger partial charge is 0.284 e. The molecule has 10 heteroatoms. The fraction of sp³-hybridized carbons (Fsp3) is 0.105. The van der Waals surface area contributed by atoms with E-state index >= 15 is 0 Å². The number of nitrogens with one attached hydrogen (secondary N) is 2. The molecule has 0 saturated carbocycles. The highest BCUT2D eigenvalue weighted by Crippen LogP contribution is 2.37. The number of aryl methyl sites for hydroxylation is 1. The lowest BCUT2D eigenvalue weighted by atomic mass is 10.1. The van der Waals surface area contributed by atoms with E-state index in [1.807, 2.05) is 6.92 Å². The van der Waals surface area contributed by atoms with E-state index in [2.05, 4.69) is 14.9 Å². The smallest absolute Gasteiger partial charge is 0.268 e. The van der Waals surface area contributed by atoms with Crippen molar-refractivity contribution in [2.24, 2.45) is 0 Å². The van der Waals surface area contributed by atoms with E-state index in [0.717, 1.165) is 16.9 Å². The number of carbonyl (C=O) groups is 2. The fourth-order valence-corrected chi connectivity index (χ4v) is 4.43. The van der Waals surface area contributed by atoms with E-state index in [-0.39, 0.29) is 32.4 Å². The molecule has 2 aromatic carbocycles. The molecule has 2 N–H and O–H groups in total. The Bertz CT molecular complexity index is 1220. The van der Waals surface area contributed by atoms with Gasteiger partial charge in [-0.3, -0.25) is 19.4 Å². The van der Waals surface area contributed by atoms with Gasteiger partial charge in [-0.1, -0.05) is 30.7 Å². The molecule has 0 spiro atoms. The van der Waals surface area contributed by atoms with Crippen LogP contribution in [0.3, 0.4) is 0 Å². The van der Waals surface area contributed by atoms with Crippen LogP contribution in [0, 0.1) is 0 Å². The highest BCUT2D eigenvalue weighted by Gasteiger charge is 2.41. The third-order valence-corrected chi connectivity index (χ3v) is 6.31. The Morgan fingerprint density at radius 3 is 2.38 bits per heavy atom. The van der Waals surface area contributed by atoms with Gasteiger partial charge in [-0.15, -0.1) is 0 Å². The second-order valence-corrected chi connectivity index (χ2v) is 8.44. The number of aromatic nitrogens is 2. The molecule has 0 radical (unpaired) electrons. The first kappa shape index (κ1) is 19.2. The number of hydrogen-bond donors (Lipinski definition) is 2. The molecular formula is C19H15ClN4O4S. The van der Waals surface area contributed by atoms with Gasteiger partial charge in [-0.05, 0) is 36.2 Å². The molecule has 2 heterocycles. The number of imide groups is 1. The number of anilines is 2. The summed E-state index contributed by atoms with van der Waals surface area (Å²) in [5.74, 6) is -1.34. The van der Waals surface area contributed by atoms with Crippen molar-refractivity contribution < 1.29 is 18.0 Å². The minimum atomic E-state index is -3.98. The fourth-order valence-electron chi connectivity index (χ4n) is 3.12. The summed E-state index contributed by atoms with van der Waals surface area (Å²) in [6.07, 6.45) is 3.47. The minimum Gasteiger partial charge on any atom is -0.284 e. The van der Waals surface area contributed by atoms with Crippen molar-refractivity contribution in [2.45, 2.75) is 18.2 Å². The number of amides is 2. The molecule has 3 aromatic rings. The number of carbonyl (C=O) groups excluding carboxylic acids is 2. The number of aromatic amines is 1. The van der Waals surface area contributed by atoms with Gasteiger partial charge < -0.3 is 0 Å². The average Bonchev–Trinajstić information content (AvgIpc) is 3.31. The van der Waals surface area contributed by atoms with E-state index < -0.39 is 21.8 Å². The zero-order chi connectivity index (χ0) is 20.8. The minimum absolute atomic E-state index is 0.0201. The molecule has 8 nitrogen and oxygen atoms in total. The van der Waals surface area contributed by atoms with Crippen LogP contribution in [-0.4, -0.2) is 30.4 Å². The summed E-state index contributed by atoms with van der Waals surface area (Å²) in [6, 6.07) is 9.15. The topological polar surface area (TPSA) is 112 Å². The molecule has 1 aromatic heterocycles. The van der Waals surface area contributed by atoms with Crippen LogP contribution in [0.1, 0.15) is 33.2 Å². The molecule has 0 atom stereocenters. The maximum absolute atomic E-state index is 13.0. The molecule has 1 aliphatic heterocycles. The summed E-state index contributed by atoms with van der Waals surface area (Å²) in [6.45, 7) is 1.97. The van der Waals surface area contributed by atoms with E-state index in [9.17, 15) is 18.0 Å². The molecule has 4 rings (SSSR count). The maximum Gasteiger partial charge on any atom is 0.268 e. The van der Waals surface area contributed by atoms with Gasteiger partial charge in [0, 0.05) is 6.20 Å². The van der Waals surface area contributed by atoms with Crippen LogP contribution in [0.2, 0.25) is 5.02 Å². The van der Waals surface area contributed by atoms with Crippen LogP contribution in [0.25, 0.3) is 0 Å². The van der Waals surface area contributed by atoms with Crippen LogP contribution < -0.4 is 9.62 Å². The Balaban J connectivity index is 1.76. The summed E-state index contributed by atoms with van der Waals surface area (Å²) in [7, 11) is -3.98. The molecule has 0 fully saturated rings. The van der Waals surface area contributed by atoms with Crippen molar-refractivity contribution in [3.63, 3.8) is 0 Å². The predicted molar refractivity (Wildman–Crippen MR) is 108 cm³/mol. The molecule has 0 aliphatic carbocycles. The third-order valence-electron chi connectivity index (χ3n) is 4.62. The predicted octanol–water partition coefficient (Wildman–Crippen LogP) is 3.23. The van der Waals surface area contributed by atoms with Crippen LogP contribution in [0.5, 0.6) is 0 Å². The SMILES string of the molecule is CCc1ccc(S(=O)(=O)Nc2ccc(Cl)c3c2C(=O)N(c2cn[nH]c2)C3=O)cc1. The van der Waals surface area contributed by atoms with E-state index in [4.69, 9.17) is 11.6 Å². The monoisotopic (exact) mass is 430 g/mol. The van der Waals surface area contributed by atoms with Crippen LogP contribution >= 0.6 is 11.6 Å². The molecule has 2 amide bonds. The van der Waals surface area contributed by atoms with Gasteiger partial charge in [0.2, 0.25) is 0 Å². The number of nitrogens with zero attached hydrogens (tertiary/aromatic N) is 2. The van der Waals surface area contributed by atoms with Crippen molar-refractivity contribution in [3.05, 3.63) is 70.5 Å². The first-order valence-corrected chi connectivity index (χ1v) is 10.5. The molecule has 29 heavy (non-hydrogen) atoms. The van der Waals surface area contributed by atoms with Crippen LogP contribution in [0.15, 0.2) is 53.7 Å². The molecular weight excluding hydrogens is 416 g/mol. The highest BCUT2D eigenvalue weighted by atomic mass is 35.5. The summed E-state index contributed by atoms with van der Waals surface area (Å²) >= 11 is 6.15. The number of benzene rings is 2. The van der Waals surface area contributed by atoms with E-state index in [1.165, 1.54) is 36.7 Å². The molecule has 0 saturated heterocycles. The lowest BCUT2D eigenvalue weighted by Crippen LogP contribution is -2.29. The maximum atomic E-state index is 13.0. The van der Waals surface area contributed by atoms with Gasteiger partial charge in [0.05, 0.1) is 38.6 Å². The first-order chi connectivity index (χ1) is 13.8. The lowest BCUT2D eigenvalue weighted by Gasteiger charge is -2.12. The number of hydrogen-bond acceptors (Lipinski definition) is 5. The van der Waals surface area contributed by atoms with Gasteiger partial charge in [0.1, 0.15) is 0 Å². The van der Waals surface area contributed by atoms with Gasteiger partial charge in [0.25, 0.3) is 21.8 Å². The Hall–Kier alpha value is -3.17. The second-order valence-electron chi connectivity index (χ2n) is 6.35. The molecule has 148 valence electrons. The number of rotatable bonds is 5. The summed E-state index contributed by atoms with van der Waals surface area (Å²) in [5, 5.41) is 6.33. The molecule has 1 aliphatic rings.